The molecule has 0 aromatic rings. The molecule has 0 aliphatic heterocycles. The van der Waals surface area contributed by atoms with Gasteiger partial charge in [-0.1, -0.05) is 23.8 Å². The van der Waals surface area contributed by atoms with Crippen molar-refractivity contribution >= 4 is 17.9 Å². The highest BCUT2D eigenvalue weighted by Crippen LogP contribution is 2.48. The lowest BCUT2D eigenvalue weighted by molar-refractivity contribution is -0.134. The van der Waals surface area contributed by atoms with Crippen molar-refractivity contribution in [3.63, 3.8) is 0 Å². The fourth-order valence-corrected chi connectivity index (χ4v) is 4.11. The molecule has 104 valence electrons. The molecular weight excluding hydrogens is 252 g/mol. The SMILES string of the molecule is CC1=C[C@@H](C=O)[C@@H]2C(C)=C[C@H]3CC=CC(=O)[C@@H]3[C@H]2C1=O. The molecule has 3 aliphatic carbocycles. The number of fused-ring (bicyclic) bond motifs is 3. The largest absolute Gasteiger partial charge is 0.303 e. The number of rotatable bonds is 1. The maximum absolute atomic E-state index is 12.6. The smallest absolute Gasteiger partial charge is 0.162 e. The lowest BCUT2D eigenvalue weighted by Gasteiger charge is -2.44. The van der Waals surface area contributed by atoms with Gasteiger partial charge in [0.25, 0.3) is 0 Å². The third-order valence-electron chi connectivity index (χ3n) is 4.96. The van der Waals surface area contributed by atoms with Crippen molar-refractivity contribution in [2.75, 3.05) is 0 Å². The molecule has 0 aromatic carbocycles. The molecule has 0 bridgehead atoms. The van der Waals surface area contributed by atoms with E-state index in [1.54, 1.807) is 19.1 Å². The topological polar surface area (TPSA) is 51.2 Å². The first kappa shape index (κ1) is 13.2. The van der Waals surface area contributed by atoms with Crippen LogP contribution in [0.1, 0.15) is 20.3 Å². The number of ketones is 2. The monoisotopic (exact) mass is 270 g/mol. The van der Waals surface area contributed by atoms with Gasteiger partial charge >= 0.3 is 0 Å². The number of carbonyl (C=O) groups excluding carboxylic acids is 3. The summed E-state index contributed by atoms with van der Waals surface area (Å²) in [6, 6.07) is 0. The van der Waals surface area contributed by atoms with Gasteiger partial charge in [-0.2, -0.15) is 0 Å². The van der Waals surface area contributed by atoms with Crippen LogP contribution in [0.25, 0.3) is 0 Å². The summed E-state index contributed by atoms with van der Waals surface area (Å²) in [5.41, 5.74) is 1.70. The van der Waals surface area contributed by atoms with E-state index in [-0.39, 0.29) is 41.2 Å². The molecule has 3 nitrogen and oxygen atoms in total. The predicted molar refractivity (Wildman–Crippen MR) is 74.8 cm³/mol. The van der Waals surface area contributed by atoms with Crippen molar-refractivity contribution in [1.29, 1.82) is 0 Å². The molecule has 0 fully saturated rings. The van der Waals surface area contributed by atoms with Crippen LogP contribution in [0.15, 0.2) is 35.5 Å². The maximum Gasteiger partial charge on any atom is 0.162 e. The highest BCUT2D eigenvalue weighted by Gasteiger charge is 2.50. The summed E-state index contributed by atoms with van der Waals surface area (Å²) in [5, 5.41) is 0. The molecule has 3 heteroatoms. The Hall–Kier alpha value is -1.77. The first-order valence-electron chi connectivity index (χ1n) is 7.11. The van der Waals surface area contributed by atoms with E-state index in [0.717, 1.165) is 18.3 Å². The Morgan fingerprint density at radius 1 is 1.10 bits per heavy atom. The normalized spacial score (nSPS) is 39.6. The van der Waals surface area contributed by atoms with E-state index < -0.39 is 0 Å². The quantitative estimate of drug-likeness (QED) is 0.542. The van der Waals surface area contributed by atoms with Gasteiger partial charge in [-0.15, -0.1) is 0 Å². The summed E-state index contributed by atoms with van der Waals surface area (Å²) >= 11 is 0. The second kappa shape index (κ2) is 4.65. The van der Waals surface area contributed by atoms with Gasteiger partial charge in [-0.25, -0.2) is 0 Å². The Balaban J connectivity index is 2.14. The van der Waals surface area contributed by atoms with E-state index >= 15 is 0 Å². The molecule has 3 rings (SSSR count). The van der Waals surface area contributed by atoms with Gasteiger partial charge in [0, 0.05) is 23.7 Å². The predicted octanol–water partition coefficient (Wildman–Crippen LogP) is 2.28. The van der Waals surface area contributed by atoms with E-state index in [2.05, 4.69) is 6.08 Å². The van der Waals surface area contributed by atoms with Gasteiger partial charge in [-0.05, 0) is 37.8 Å². The summed E-state index contributed by atoms with van der Waals surface area (Å²) < 4.78 is 0. The van der Waals surface area contributed by atoms with E-state index in [1.807, 2.05) is 13.0 Å². The second-order valence-electron chi connectivity index (χ2n) is 6.12. The van der Waals surface area contributed by atoms with Crippen LogP contribution in [-0.4, -0.2) is 17.9 Å². The molecule has 0 unspecified atom stereocenters. The molecule has 0 saturated carbocycles. The van der Waals surface area contributed by atoms with Crippen LogP contribution in [0.4, 0.5) is 0 Å². The van der Waals surface area contributed by atoms with Crippen LogP contribution < -0.4 is 0 Å². The number of hydrogen-bond donors (Lipinski definition) is 0. The Morgan fingerprint density at radius 3 is 2.55 bits per heavy atom. The van der Waals surface area contributed by atoms with Gasteiger partial charge in [-0.3, -0.25) is 9.59 Å². The zero-order valence-electron chi connectivity index (χ0n) is 11.7. The lowest BCUT2D eigenvalue weighted by Crippen LogP contribution is -2.48. The first-order chi connectivity index (χ1) is 9.54. The lowest BCUT2D eigenvalue weighted by atomic mass is 9.57. The zero-order chi connectivity index (χ0) is 14.4. The number of allylic oxidation sites excluding steroid dienone is 6. The van der Waals surface area contributed by atoms with E-state index in [9.17, 15) is 14.4 Å². The third-order valence-corrected chi connectivity index (χ3v) is 4.96. The summed E-state index contributed by atoms with van der Waals surface area (Å²) in [6.45, 7) is 3.73. The van der Waals surface area contributed by atoms with Crippen molar-refractivity contribution in [3.8, 4) is 0 Å². The highest BCUT2D eigenvalue weighted by molar-refractivity contribution is 6.04. The molecule has 0 saturated heterocycles. The number of Topliss-reactive ketones (excluding diaryl/α,β-unsaturated/α-hetero) is 1. The summed E-state index contributed by atoms with van der Waals surface area (Å²) in [4.78, 5) is 36.2. The minimum absolute atomic E-state index is 0.0349. The minimum Gasteiger partial charge on any atom is -0.303 e. The van der Waals surface area contributed by atoms with Crippen LogP contribution >= 0.6 is 0 Å². The fraction of sp³-hybridized carbons (Fsp3) is 0.471. The van der Waals surface area contributed by atoms with Gasteiger partial charge in [0.2, 0.25) is 0 Å². The van der Waals surface area contributed by atoms with E-state index in [1.165, 1.54) is 0 Å². The fourth-order valence-electron chi connectivity index (χ4n) is 4.11. The van der Waals surface area contributed by atoms with Crippen molar-refractivity contribution in [2.24, 2.45) is 29.6 Å². The molecule has 3 aliphatic rings. The van der Waals surface area contributed by atoms with E-state index in [4.69, 9.17) is 0 Å². The highest BCUT2D eigenvalue weighted by atomic mass is 16.1. The molecule has 0 N–H and O–H groups in total. The molecule has 0 amide bonds. The van der Waals surface area contributed by atoms with Crippen molar-refractivity contribution in [3.05, 3.63) is 35.5 Å². The van der Waals surface area contributed by atoms with Gasteiger partial charge in [0.05, 0.1) is 0 Å². The van der Waals surface area contributed by atoms with Gasteiger partial charge in [0.15, 0.2) is 11.6 Å². The molecule has 20 heavy (non-hydrogen) atoms. The minimum atomic E-state index is -0.359. The second-order valence-corrected chi connectivity index (χ2v) is 6.12. The number of hydrogen-bond acceptors (Lipinski definition) is 3. The molecular formula is C17H18O3. The average molecular weight is 270 g/mol. The summed E-state index contributed by atoms with van der Waals surface area (Å²) in [5.74, 6) is -0.883. The standard InChI is InChI=1S/C17H18O3/c1-9-6-11-4-3-5-13(19)15(11)16-14(9)12(8-18)7-10(2)17(16)20/h3,5-8,11-12,14-16H,4H2,1-2H3/t11-,12+,14+,15-,16+/m1/s1. The maximum atomic E-state index is 12.6. The Kier molecular flexibility index (Phi) is 3.08. The van der Waals surface area contributed by atoms with Crippen LogP contribution in [0.3, 0.4) is 0 Å². The Morgan fingerprint density at radius 2 is 1.85 bits per heavy atom. The van der Waals surface area contributed by atoms with Gasteiger partial charge < -0.3 is 4.79 Å². The summed E-state index contributed by atoms with van der Waals surface area (Å²) in [6.07, 6.45) is 9.07. The number of aldehydes is 1. The van der Waals surface area contributed by atoms with Crippen molar-refractivity contribution in [2.45, 2.75) is 20.3 Å². The Bertz CT molecular complexity index is 579. The molecule has 0 radical (unpaired) electrons. The zero-order valence-corrected chi connectivity index (χ0v) is 11.7. The average Bonchev–Trinajstić information content (AvgIpc) is 2.42. The van der Waals surface area contributed by atoms with Gasteiger partial charge in [0.1, 0.15) is 6.29 Å². The molecule has 0 heterocycles. The Labute approximate surface area is 118 Å². The van der Waals surface area contributed by atoms with Crippen LogP contribution in [-0.2, 0) is 14.4 Å². The van der Waals surface area contributed by atoms with Crippen LogP contribution in [0, 0.1) is 29.6 Å². The number of carbonyl (C=O) groups is 3. The molecule has 0 spiro atoms. The molecule has 5 atom stereocenters. The van der Waals surface area contributed by atoms with E-state index in [0.29, 0.717) is 5.57 Å². The van der Waals surface area contributed by atoms with Crippen LogP contribution in [0.5, 0.6) is 0 Å². The van der Waals surface area contributed by atoms with Crippen molar-refractivity contribution < 1.29 is 14.4 Å². The summed E-state index contributed by atoms with van der Waals surface area (Å²) in [7, 11) is 0. The molecule has 0 aromatic heterocycles. The third kappa shape index (κ3) is 1.76. The van der Waals surface area contributed by atoms with Crippen LogP contribution in [0.2, 0.25) is 0 Å². The first-order valence-corrected chi connectivity index (χ1v) is 7.11. The van der Waals surface area contributed by atoms with Crippen molar-refractivity contribution in [1.82, 2.24) is 0 Å².